The summed E-state index contributed by atoms with van der Waals surface area (Å²) in [6.07, 6.45) is 4.50. The highest BCUT2D eigenvalue weighted by Gasteiger charge is 2.39. The molecular formula is C22H28ClNO. The molecule has 2 atom stereocenters. The molecule has 1 aliphatic rings. The van der Waals surface area contributed by atoms with Crippen LogP contribution in [0.15, 0.2) is 54.6 Å². The van der Waals surface area contributed by atoms with Crippen molar-refractivity contribution in [3.63, 3.8) is 0 Å². The average Bonchev–Trinajstić information content (AvgIpc) is 2.67. The Morgan fingerprint density at radius 2 is 1.64 bits per heavy atom. The maximum atomic E-state index is 11.8. The number of nitrogens with zero attached hydrogens (tertiary/aromatic N) is 1. The van der Waals surface area contributed by atoms with Crippen molar-refractivity contribution in [2.45, 2.75) is 44.1 Å². The van der Waals surface area contributed by atoms with Gasteiger partial charge in [-0.2, -0.15) is 0 Å². The number of benzene rings is 2. The summed E-state index contributed by atoms with van der Waals surface area (Å²) < 4.78 is 0. The van der Waals surface area contributed by atoms with E-state index in [1.54, 1.807) is 0 Å². The number of halogens is 1. The molecule has 0 spiro atoms. The van der Waals surface area contributed by atoms with E-state index in [1.165, 1.54) is 24.8 Å². The molecule has 2 aromatic carbocycles. The number of likely N-dealkylation sites (tertiary alicyclic amines) is 1. The summed E-state index contributed by atoms with van der Waals surface area (Å²) in [4.78, 5) is 2.51. The van der Waals surface area contributed by atoms with Gasteiger partial charge in [-0.15, -0.1) is 0 Å². The van der Waals surface area contributed by atoms with Gasteiger partial charge in [0, 0.05) is 17.5 Å². The van der Waals surface area contributed by atoms with Crippen LogP contribution in [0.5, 0.6) is 0 Å². The van der Waals surface area contributed by atoms with Gasteiger partial charge in [0.1, 0.15) is 0 Å². The second-order valence-corrected chi connectivity index (χ2v) is 7.55. The molecule has 0 bridgehead atoms. The molecule has 25 heavy (non-hydrogen) atoms. The van der Waals surface area contributed by atoms with Crippen LogP contribution in [0.4, 0.5) is 0 Å². The minimum absolute atomic E-state index is 0.0398. The first-order chi connectivity index (χ1) is 12.1. The Bertz CT molecular complexity index is 651. The van der Waals surface area contributed by atoms with Gasteiger partial charge in [-0.3, -0.25) is 0 Å². The van der Waals surface area contributed by atoms with Crippen LogP contribution in [0, 0.1) is 0 Å². The molecule has 0 unspecified atom stereocenters. The summed E-state index contributed by atoms with van der Waals surface area (Å²) in [5.41, 5.74) is 1.25. The molecule has 134 valence electrons. The maximum Gasteiger partial charge on any atom is 0.0974 e. The van der Waals surface area contributed by atoms with E-state index in [0.717, 1.165) is 25.2 Å². The number of aliphatic hydroxyl groups is 1. The molecule has 1 N–H and O–H groups in total. The van der Waals surface area contributed by atoms with Gasteiger partial charge < -0.3 is 10.0 Å². The average molecular weight is 358 g/mol. The van der Waals surface area contributed by atoms with E-state index in [2.05, 4.69) is 36.1 Å². The molecule has 1 heterocycles. The van der Waals surface area contributed by atoms with E-state index < -0.39 is 5.60 Å². The lowest BCUT2D eigenvalue weighted by Gasteiger charge is -2.40. The van der Waals surface area contributed by atoms with Crippen LogP contribution in [0.2, 0.25) is 5.02 Å². The summed E-state index contributed by atoms with van der Waals surface area (Å²) in [5, 5.41) is 12.5. The third kappa shape index (κ3) is 4.25. The normalized spacial score (nSPS) is 19.3. The van der Waals surface area contributed by atoms with Crippen molar-refractivity contribution < 1.29 is 5.11 Å². The zero-order valence-electron chi connectivity index (χ0n) is 15.0. The lowest BCUT2D eigenvalue weighted by Crippen LogP contribution is -2.42. The van der Waals surface area contributed by atoms with Crippen molar-refractivity contribution in [1.29, 1.82) is 0 Å². The number of piperidine rings is 1. The van der Waals surface area contributed by atoms with Gasteiger partial charge in [-0.25, -0.2) is 0 Å². The molecule has 0 aliphatic carbocycles. The minimum Gasteiger partial charge on any atom is -0.384 e. The minimum atomic E-state index is -0.899. The second kappa shape index (κ2) is 8.35. The highest BCUT2D eigenvalue weighted by molar-refractivity contribution is 6.30. The molecule has 2 aromatic rings. The summed E-state index contributed by atoms with van der Waals surface area (Å²) >= 11 is 6.07. The smallest absolute Gasteiger partial charge is 0.0974 e. The van der Waals surface area contributed by atoms with Gasteiger partial charge in [0.2, 0.25) is 0 Å². The first-order valence-corrected chi connectivity index (χ1v) is 9.77. The first kappa shape index (κ1) is 18.4. The molecule has 3 heteroatoms. The van der Waals surface area contributed by atoms with Gasteiger partial charge in [-0.1, -0.05) is 67.4 Å². The van der Waals surface area contributed by atoms with Crippen molar-refractivity contribution in [2.24, 2.45) is 0 Å². The Balaban J connectivity index is 1.96. The molecule has 2 nitrogen and oxygen atoms in total. The molecule has 3 rings (SSSR count). The lowest BCUT2D eigenvalue weighted by molar-refractivity contribution is -0.0104. The molecular weight excluding hydrogens is 330 g/mol. The lowest BCUT2D eigenvalue weighted by atomic mass is 9.75. The Kier molecular flexibility index (Phi) is 6.16. The Hall–Kier alpha value is -1.35. The number of rotatable bonds is 6. The zero-order valence-corrected chi connectivity index (χ0v) is 15.8. The monoisotopic (exact) mass is 357 g/mol. The second-order valence-electron chi connectivity index (χ2n) is 7.11. The van der Waals surface area contributed by atoms with Crippen molar-refractivity contribution in [1.82, 2.24) is 4.90 Å². The largest absolute Gasteiger partial charge is 0.384 e. The van der Waals surface area contributed by atoms with Crippen LogP contribution in [0.1, 0.15) is 49.7 Å². The molecule has 0 saturated carbocycles. The number of hydrogen-bond donors (Lipinski definition) is 1. The standard InChI is InChI=1S/C22H28ClNO/c1-2-22(25,19-11-13-20(23)14-12-19)21(18-9-5-3-6-10-18)17-24-15-7-4-8-16-24/h3,5-6,9-14,21,25H,2,4,7-8,15-17H2,1H3/t21-,22+/m0/s1. The van der Waals surface area contributed by atoms with Crippen LogP contribution in [0.3, 0.4) is 0 Å². The third-order valence-corrected chi connectivity index (χ3v) is 5.80. The van der Waals surface area contributed by atoms with Crippen LogP contribution in [-0.4, -0.2) is 29.6 Å². The predicted octanol–water partition coefficient (Wildman–Crippen LogP) is 5.21. The van der Waals surface area contributed by atoms with Crippen molar-refractivity contribution in [2.75, 3.05) is 19.6 Å². The Labute approximate surface area is 156 Å². The highest BCUT2D eigenvalue weighted by atomic mass is 35.5. The molecule has 1 aliphatic heterocycles. The maximum absolute atomic E-state index is 11.8. The Morgan fingerprint density at radius 1 is 1.00 bits per heavy atom. The first-order valence-electron chi connectivity index (χ1n) is 9.39. The van der Waals surface area contributed by atoms with E-state index in [1.807, 2.05) is 30.3 Å². The zero-order chi connectivity index (χ0) is 17.7. The predicted molar refractivity (Wildman–Crippen MR) is 105 cm³/mol. The number of hydrogen-bond acceptors (Lipinski definition) is 2. The van der Waals surface area contributed by atoms with Crippen LogP contribution < -0.4 is 0 Å². The van der Waals surface area contributed by atoms with E-state index in [0.29, 0.717) is 11.4 Å². The van der Waals surface area contributed by atoms with Gasteiger partial charge >= 0.3 is 0 Å². The van der Waals surface area contributed by atoms with Crippen LogP contribution in [0.25, 0.3) is 0 Å². The third-order valence-electron chi connectivity index (χ3n) is 5.55. The van der Waals surface area contributed by atoms with E-state index in [4.69, 9.17) is 11.6 Å². The van der Waals surface area contributed by atoms with Crippen molar-refractivity contribution in [3.8, 4) is 0 Å². The van der Waals surface area contributed by atoms with E-state index in [-0.39, 0.29) is 5.92 Å². The fourth-order valence-electron chi connectivity index (χ4n) is 4.01. The van der Waals surface area contributed by atoms with E-state index >= 15 is 0 Å². The van der Waals surface area contributed by atoms with E-state index in [9.17, 15) is 5.11 Å². The van der Waals surface area contributed by atoms with Crippen molar-refractivity contribution in [3.05, 3.63) is 70.7 Å². The molecule has 1 fully saturated rings. The Morgan fingerprint density at radius 3 is 2.24 bits per heavy atom. The summed E-state index contributed by atoms with van der Waals surface area (Å²) in [5.74, 6) is 0.0398. The van der Waals surface area contributed by atoms with Crippen molar-refractivity contribution >= 4 is 11.6 Å². The molecule has 0 radical (unpaired) electrons. The van der Waals surface area contributed by atoms with Crippen LogP contribution in [-0.2, 0) is 5.60 Å². The summed E-state index contributed by atoms with van der Waals surface area (Å²) in [6, 6.07) is 18.1. The van der Waals surface area contributed by atoms with Crippen LogP contribution >= 0.6 is 11.6 Å². The highest BCUT2D eigenvalue weighted by Crippen LogP contribution is 2.41. The fourth-order valence-corrected chi connectivity index (χ4v) is 4.13. The van der Waals surface area contributed by atoms with Gasteiger partial charge in [-0.05, 0) is 55.6 Å². The van der Waals surface area contributed by atoms with Gasteiger partial charge in [0.05, 0.1) is 5.60 Å². The summed E-state index contributed by atoms with van der Waals surface area (Å²) in [6.45, 7) is 5.21. The summed E-state index contributed by atoms with van der Waals surface area (Å²) in [7, 11) is 0. The molecule has 0 amide bonds. The SMILES string of the molecule is CC[C@@](O)(c1ccc(Cl)cc1)[C@@H](CN1CCCCC1)c1ccccc1. The topological polar surface area (TPSA) is 23.5 Å². The molecule has 1 saturated heterocycles. The van der Waals surface area contributed by atoms with Gasteiger partial charge in [0.25, 0.3) is 0 Å². The quantitative estimate of drug-likeness (QED) is 0.767. The van der Waals surface area contributed by atoms with Gasteiger partial charge in [0.15, 0.2) is 0 Å². The fraction of sp³-hybridized carbons (Fsp3) is 0.455. The molecule has 0 aromatic heterocycles.